The molecule has 0 N–H and O–H groups in total. The van der Waals surface area contributed by atoms with E-state index in [0.717, 1.165) is 50.5 Å². The van der Waals surface area contributed by atoms with Crippen molar-refractivity contribution in [3.63, 3.8) is 0 Å². The summed E-state index contributed by atoms with van der Waals surface area (Å²) in [6, 6.07) is 12.1. The Labute approximate surface area is 172 Å². The van der Waals surface area contributed by atoms with Crippen LogP contribution in [0.4, 0.5) is 18.9 Å². The van der Waals surface area contributed by atoms with Gasteiger partial charge < -0.3 is 4.90 Å². The van der Waals surface area contributed by atoms with E-state index >= 15 is 0 Å². The second-order valence-electron chi connectivity index (χ2n) is 7.53. The highest BCUT2D eigenvalue weighted by Crippen LogP contribution is 2.30. The molecule has 0 spiro atoms. The average molecular weight is 417 g/mol. The first-order valence-corrected chi connectivity index (χ1v) is 9.94. The molecule has 2 aliphatic rings. The van der Waals surface area contributed by atoms with Crippen LogP contribution in [0, 0.1) is 0 Å². The first kappa shape index (κ1) is 20.4. The largest absolute Gasteiger partial charge is 0.416 e. The SMILES string of the molecule is O=C1c2ccccc2C(=O)N1CCCN1CCN(c2ccc(C(F)(F)F)cc2)CC1. The Bertz CT molecular complexity index is 900. The topological polar surface area (TPSA) is 43.9 Å². The van der Waals surface area contributed by atoms with Crippen molar-refractivity contribution in [3.8, 4) is 0 Å². The maximum atomic E-state index is 12.7. The predicted molar refractivity (Wildman–Crippen MR) is 107 cm³/mol. The van der Waals surface area contributed by atoms with Crippen LogP contribution in [0.25, 0.3) is 0 Å². The zero-order valence-electron chi connectivity index (χ0n) is 16.4. The van der Waals surface area contributed by atoms with Crippen molar-refractivity contribution in [1.82, 2.24) is 9.80 Å². The van der Waals surface area contributed by atoms with Crippen LogP contribution >= 0.6 is 0 Å². The van der Waals surface area contributed by atoms with Gasteiger partial charge in [-0.25, -0.2) is 0 Å². The van der Waals surface area contributed by atoms with Crippen LogP contribution < -0.4 is 4.90 Å². The molecule has 4 rings (SSSR count). The number of piperazine rings is 1. The highest BCUT2D eigenvalue weighted by atomic mass is 19.4. The van der Waals surface area contributed by atoms with E-state index in [9.17, 15) is 22.8 Å². The van der Waals surface area contributed by atoms with Crippen molar-refractivity contribution in [2.24, 2.45) is 0 Å². The molecule has 0 aromatic heterocycles. The molecule has 2 heterocycles. The van der Waals surface area contributed by atoms with E-state index in [1.54, 1.807) is 24.3 Å². The van der Waals surface area contributed by atoms with Crippen molar-refractivity contribution in [2.45, 2.75) is 12.6 Å². The van der Waals surface area contributed by atoms with Gasteiger partial charge in [0.1, 0.15) is 0 Å². The lowest BCUT2D eigenvalue weighted by atomic mass is 10.1. The summed E-state index contributed by atoms with van der Waals surface area (Å²) in [5.41, 5.74) is 1.08. The van der Waals surface area contributed by atoms with Gasteiger partial charge in [-0.05, 0) is 49.4 Å². The third-order valence-electron chi connectivity index (χ3n) is 5.67. The molecule has 8 heteroatoms. The minimum atomic E-state index is -4.32. The number of alkyl halides is 3. The Morgan fingerprint density at radius 1 is 0.767 bits per heavy atom. The minimum absolute atomic E-state index is 0.234. The van der Waals surface area contributed by atoms with Gasteiger partial charge in [0.25, 0.3) is 11.8 Å². The number of amides is 2. The summed E-state index contributed by atoms with van der Waals surface area (Å²) >= 11 is 0. The van der Waals surface area contributed by atoms with Gasteiger partial charge in [-0.2, -0.15) is 13.2 Å². The fraction of sp³-hybridized carbons (Fsp3) is 0.364. The Morgan fingerprint density at radius 3 is 1.87 bits per heavy atom. The van der Waals surface area contributed by atoms with Crippen LogP contribution in [0.3, 0.4) is 0 Å². The van der Waals surface area contributed by atoms with E-state index in [4.69, 9.17) is 0 Å². The molecular formula is C22H22F3N3O2. The van der Waals surface area contributed by atoms with Crippen LogP contribution in [-0.4, -0.2) is 60.9 Å². The fourth-order valence-corrected chi connectivity index (χ4v) is 3.99. The summed E-state index contributed by atoms with van der Waals surface area (Å²) < 4.78 is 38.1. The third kappa shape index (κ3) is 4.05. The summed E-state index contributed by atoms with van der Waals surface area (Å²) in [5.74, 6) is -0.467. The normalized spacial score (nSPS) is 17.6. The predicted octanol–water partition coefficient (Wildman–Crippen LogP) is 3.51. The van der Waals surface area contributed by atoms with E-state index < -0.39 is 11.7 Å². The quantitative estimate of drug-likeness (QED) is 0.699. The Hall–Kier alpha value is -2.87. The smallest absolute Gasteiger partial charge is 0.369 e. The number of benzene rings is 2. The summed E-state index contributed by atoms with van der Waals surface area (Å²) in [6.45, 7) is 4.14. The maximum Gasteiger partial charge on any atom is 0.416 e. The summed E-state index contributed by atoms with van der Waals surface area (Å²) in [4.78, 5) is 30.4. The molecule has 0 aliphatic carbocycles. The number of carbonyl (C=O) groups is 2. The average Bonchev–Trinajstić information content (AvgIpc) is 2.99. The van der Waals surface area contributed by atoms with Gasteiger partial charge in [-0.1, -0.05) is 12.1 Å². The highest BCUT2D eigenvalue weighted by Gasteiger charge is 2.34. The van der Waals surface area contributed by atoms with Gasteiger partial charge in [0.15, 0.2) is 0 Å². The number of hydrogen-bond donors (Lipinski definition) is 0. The van der Waals surface area contributed by atoms with Crippen molar-refractivity contribution in [3.05, 3.63) is 65.2 Å². The van der Waals surface area contributed by atoms with E-state index in [0.29, 0.717) is 24.1 Å². The van der Waals surface area contributed by atoms with Crippen molar-refractivity contribution in [1.29, 1.82) is 0 Å². The van der Waals surface area contributed by atoms with Crippen LogP contribution in [-0.2, 0) is 6.18 Å². The number of carbonyl (C=O) groups excluding carboxylic acids is 2. The lowest BCUT2D eigenvalue weighted by Gasteiger charge is -2.36. The van der Waals surface area contributed by atoms with E-state index in [2.05, 4.69) is 9.80 Å². The fourth-order valence-electron chi connectivity index (χ4n) is 3.99. The van der Waals surface area contributed by atoms with Crippen molar-refractivity contribution < 1.29 is 22.8 Å². The van der Waals surface area contributed by atoms with E-state index in [1.165, 1.54) is 17.0 Å². The number of rotatable bonds is 5. The van der Waals surface area contributed by atoms with Crippen LogP contribution in [0.5, 0.6) is 0 Å². The molecule has 0 atom stereocenters. The Morgan fingerprint density at radius 2 is 1.33 bits per heavy atom. The standard InChI is InChI=1S/C22H22F3N3O2/c23-22(24,25)16-6-8-17(9-7-16)27-14-12-26(13-15-27)10-3-11-28-20(29)18-4-1-2-5-19(18)21(28)30/h1-2,4-9H,3,10-15H2. The zero-order chi connectivity index (χ0) is 21.3. The lowest BCUT2D eigenvalue weighted by molar-refractivity contribution is -0.137. The second-order valence-corrected chi connectivity index (χ2v) is 7.53. The number of anilines is 1. The van der Waals surface area contributed by atoms with Gasteiger partial charge >= 0.3 is 6.18 Å². The summed E-state index contributed by atoms with van der Waals surface area (Å²) in [5, 5.41) is 0. The van der Waals surface area contributed by atoms with Crippen molar-refractivity contribution in [2.75, 3.05) is 44.2 Å². The van der Waals surface area contributed by atoms with E-state index in [1.807, 2.05) is 0 Å². The zero-order valence-corrected chi connectivity index (χ0v) is 16.4. The number of fused-ring (bicyclic) bond motifs is 1. The number of halogens is 3. The first-order chi connectivity index (χ1) is 14.3. The van der Waals surface area contributed by atoms with Gasteiger partial charge in [-0.15, -0.1) is 0 Å². The van der Waals surface area contributed by atoms with Gasteiger partial charge in [0, 0.05) is 38.4 Å². The molecule has 2 amide bonds. The number of nitrogens with zero attached hydrogens (tertiary/aromatic N) is 3. The summed E-state index contributed by atoms with van der Waals surface area (Å²) in [7, 11) is 0. The minimum Gasteiger partial charge on any atom is -0.369 e. The molecule has 0 radical (unpaired) electrons. The first-order valence-electron chi connectivity index (χ1n) is 9.94. The molecule has 0 unspecified atom stereocenters. The molecule has 158 valence electrons. The molecule has 30 heavy (non-hydrogen) atoms. The molecule has 2 aromatic rings. The van der Waals surface area contributed by atoms with Crippen LogP contribution in [0.2, 0.25) is 0 Å². The second kappa shape index (κ2) is 8.10. The molecule has 1 fully saturated rings. The van der Waals surface area contributed by atoms with Crippen LogP contribution in [0.1, 0.15) is 32.7 Å². The van der Waals surface area contributed by atoms with Gasteiger partial charge in [-0.3, -0.25) is 19.4 Å². The monoisotopic (exact) mass is 417 g/mol. The molecule has 2 aliphatic heterocycles. The molecule has 0 saturated carbocycles. The molecule has 0 bridgehead atoms. The van der Waals surface area contributed by atoms with Gasteiger partial charge in [0.2, 0.25) is 0 Å². The Kier molecular flexibility index (Phi) is 5.51. The highest BCUT2D eigenvalue weighted by molar-refractivity contribution is 6.21. The third-order valence-corrected chi connectivity index (χ3v) is 5.67. The lowest BCUT2D eigenvalue weighted by Crippen LogP contribution is -2.47. The molecule has 2 aromatic carbocycles. The molecule has 1 saturated heterocycles. The molecular weight excluding hydrogens is 395 g/mol. The number of hydrogen-bond acceptors (Lipinski definition) is 4. The van der Waals surface area contributed by atoms with Crippen molar-refractivity contribution >= 4 is 17.5 Å². The molecule has 5 nitrogen and oxygen atoms in total. The Balaban J connectivity index is 1.24. The maximum absolute atomic E-state index is 12.7. The van der Waals surface area contributed by atoms with Crippen LogP contribution in [0.15, 0.2) is 48.5 Å². The van der Waals surface area contributed by atoms with Gasteiger partial charge in [0.05, 0.1) is 16.7 Å². The van der Waals surface area contributed by atoms with E-state index in [-0.39, 0.29) is 11.8 Å². The number of imide groups is 1. The summed E-state index contributed by atoms with van der Waals surface area (Å²) in [6.07, 6.45) is -3.64.